The molecule has 0 bridgehead atoms. The Bertz CT molecular complexity index is 408. The van der Waals surface area contributed by atoms with Crippen molar-refractivity contribution in [3.63, 3.8) is 0 Å². The van der Waals surface area contributed by atoms with Crippen molar-refractivity contribution in [3.05, 3.63) is 0 Å². The third-order valence-electron chi connectivity index (χ3n) is 0.876. The van der Waals surface area contributed by atoms with Gasteiger partial charge in [-0.1, -0.05) is 0 Å². The summed E-state index contributed by atoms with van der Waals surface area (Å²) in [6, 6.07) is 0. The minimum absolute atomic E-state index is 0.199. The molecule has 0 aromatic carbocycles. The van der Waals surface area contributed by atoms with Crippen molar-refractivity contribution in [1.29, 1.82) is 10.8 Å². The monoisotopic (exact) mass is 428 g/mol. The summed E-state index contributed by atoms with van der Waals surface area (Å²) in [5.74, 6) is 0. The molecular formula is C8H24N6O8S3. The number of hydrogen-bond donors (Lipinski definition) is 10. The molecule has 0 heterocycles. The van der Waals surface area contributed by atoms with Crippen LogP contribution >= 0.6 is 25.3 Å². The van der Waals surface area contributed by atoms with E-state index >= 15 is 0 Å². The van der Waals surface area contributed by atoms with Crippen molar-refractivity contribution in [1.82, 2.24) is 10.6 Å². The smallest absolute Gasteiger partial charge is 0.404 e. The molecule has 0 spiro atoms. The van der Waals surface area contributed by atoms with Crippen LogP contribution < -0.4 is 22.1 Å². The van der Waals surface area contributed by atoms with Gasteiger partial charge in [-0.15, -0.1) is 25.3 Å². The number of amides is 2. The molecule has 0 atom stereocenters. The molecule has 0 unspecified atom stereocenters. The predicted molar refractivity (Wildman–Crippen MR) is 98.9 cm³/mol. The van der Waals surface area contributed by atoms with Gasteiger partial charge in [0.05, 0.1) is 14.2 Å². The third-order valence-corrected chi connectivity index (χ3v) is 1.32. The van der Waals surface area contributed by atoms with Crippen molar-refractivity contribution in [2.75, 3.05) is 28.3 Å². The molecule has 0 aromatic rings. The van der Waals surface area contributed by atoms with E-state index in [-0.39, 0.29) is 10.3 Å². The number of rotatable bonds is 0. The van der Waals surface area contributed by atoms with Crippen LogP contribution in [0.5, 0.6) is 0 Å². The second-order valence-corrected chi connectivity index (χ2v) is 4.48. The Morgan fingerprint density at radius 1 is 0.920 bits per heavy atom. The molecule has 0 aliphatic carbocycles. The topological polar surface area (TPSA) is 251 Å². The first-order valence-electron chi connectivity index (χ1n) is 5.36. The Hall–Kier alpha value is -1.95. The van der Waals surface area contributed by atoms with Gasteiger partial charge in [-0.25, -0.2) is 9.59 Å². The van der Waals surface area contributed by atoms with Crippen LogP contribution in [0.25, 0.3) is 0 Å². The number of nitrogens with one attached hydrogen (secondary N) is 4. The number of amidine groups is 2. The highest BCUT2D eigenvalue weighted by molar-refractivity contribution is 7.96. The van der Waals surface area contributed by atoms with E-state index in [2.05, 4.69) is 56.8 Å². The maximum Gasteiger partial charge on any atom is 0.404 e. The zero-order valence-electron chi connectivity index (χ0n) is 13.8. The Labute approximate surface area is 156 Å². The number of primary amides is 2. The average Bonchev–Trinajstić information content (AvgIpc) is 2.47. The summed E-state index contributed by atoms with van der Waals surface area (Å²) >= 11 is 7.14. The first kappa shape index (κ1) is 34.4. The van der Waals surface area contributed by atoms with Crippen LogP contribution in [0.1, 0.15) is 0 Å². The summed E-state index contributed by atoms with van der Waals surface area (Å²) < 4.78 is 39.4. The molecule has 0 aliphatic heterocycles. The van der Waals surface area contributed by atoms with Crippen LogP contribution in [0.15, 0.2) is 0 Å². The second-order valence-electron chi connectivity index (χ2n) is 2.69. The highest BCUT2D eigenvalue weighted by Gasteiger charge is 1.84. The molecule has 0 saturated heterocycles. The van der Waals surface area contributed by atoms with Gasteiger partial charge < -0.3 is 31.6 Å². The van der Waals surface area contributed by atoms with Gasteiger partial charge in [0, 0.05) is 14.1 Å². The maximum absolute atomic E-state index is 9.37. The number of ether oxygens (including phenoxy) is 2. The zero-order chi connectivity index (χ0) is 21.6. The molecule has 25 heavy (non-hydrogen) atoms. The molecular weight excluding hydrogens is 404 g/mol. The molecule has 0 aromatic heterocycles. The molecule has 0 saturated carbocycles. The van der Waals surface area contributed by atoms with E-state index in [0.29, 0.717) is 0 Å². The summed E-state index contributed by atoms with van der Waals surface area (Å²) in [7, 11) is 1.08. The summed E-state index contributed by atoms with van der Waals surface area (Å²) in [5, 5.41) is 18.3. The Morgan fingerprint density at radius 3 is 1.00 bits per heavy atom. The normalized spacial score (nSPS) is 7.68. The SMILES string of the molecule is CNC(=N)S.CNC(=N)S.COC(N)=O.COC(N)=O.O=S(=O)(O)O. The Balaban J connectivity index is -0.0000000667. The highest BCUT2D eigenvalue weighted by Crippen LogP contribution is 1.63. The molecule has 152 valence electrons. The fourth-order valence-electron chi connectivity index (χ4n) is 0. The third kappa shape index (κ3) is 242. The van der Waals surface area contributed by atoms with Gasteiger partial charge >= 0.3 is 22.6 Å². The van der Waals surface area contributed by atoms with Crippen LogP contribution in [0.2, 0.25) is 0 Å². The van der Waals surface area contributed by atoms with E-state index in [1.165, 1.54) is 14.2 Å². The van der Waals surface area contributed by atoms with E-state index in [9.17, 15) is 9.59 Å². The van der Waals surface area contributed by atoms with E-state index in [0.717, 1.165) is 0 Å². The lowest BCUT2D eigenvalue weighted by molar-refractivity contribution is 0.181. The number of carbonyl (C=O) groups is 2. The Morgan fingerprint density at radius 2 is 1.00 bits per heavy atom. The number of hydrogen-bond acceptors (Lipinski definition) is 8. The van der Waals surface area contributed by atoms with Gasteiger partial charge in [-0.3, -0.25) is 19.9 Å². The van der Waals surface area contributed by atoms with E-state index in [1.54, 1.807) is 14.1 Å². The molecule has 0 fully saturated rings. The molecule has 0 rings (SSSR count). The molecule has 2 amide bonds. The fourth-order valence-corrected chi connectivity index (χ4v) is 0. The van der Waals surface area contributed by atoms with Gasteiger partial charge in [-0.2, -0.15) is 8.42 Å². The summed E-state index contributed by atoms with van der Waals surface area (Å²) in [5.41, 5.74) is 8.86. The summed E-state index contributed by atoms with van der Waals surface area (Å²) in [6.45, 7) is 0. The van der Waals surface area contributed by atoms with Crippen molar-refractivity contribution in [2.24, 2.45) is 11.5 Å². The van der Waals surface area contributed by atoms with Crippen LogP contribution in [-0.4, -0.2) is 68.4 Å². The van der Waals surface area contributed by atoms with Crippen molar-refractivity contribution >= 4 is 58.2 Å². The minimum Gasteiger partial charge on any atom is -0.453 e. The molecule has 10 N–H and O–H groups in total. The van der Waals surface area contributed by atoms with Crippen LogP contribution in [0.3, 0.4) is 0 Å². The quantitative estimate of drug-likeness (QED) is 0.0965. The molecule has 0 radical (unpaired) electrons. The first-order valence-corrected chi connectivity index (χ1v) is 7.65. The predicted octanol–water partition coefficient (Wildman–Crippen LogP) is -1.09. The number of nitrogens with two attached hydrogens (primary N) is 2. The fraction of sp³-hybridized carbons (Fsp3) is 0.500. The average molecular weight is 429 g/mol. The Kier molecular flexibility index (Phi) is 33.4. The highest BCUT2D eigenvalue weighted by atomic mass is 32.3. The van der Waals surface area contributed by atoms with Gasteiger partial charge in [0.1, 0.15) is 10.3 Å². The van der Waals surface area contributed by atoms with Crippen molar-refractivity contribution < 1.29 is 36.6 Å². The van der Waals surface area contributed by atoms with Gasteiger partial charge in [0.15, 0.2) is 0 Å². The van der Waals surface area contributed by atoms with Crippen LogP contribution in [-0.2, 0) is 19.9 Å². The van der Waals surface area contributed by atoms with E-state index in [4.69, 9.17) is 28.3 Å². The van der Waals surface area contributed by atoms with Gasteiger partial charge in [0.25, 0.3) is 0 Å². The number of methoxy groups -OCH3 is 2. The van der Waals surface area contributed by atoms with Crippen molar-refractivity contribution in [2.45, 2.75) is 0 Å². The number of thiol groups is 2. The van der Waals surface area contributed by atoms with Crippen LogP contribution in [0, 0.1) is 10.8 Å². The lowest BCUT2D eigenvalue weighted by Crippen LogP contribution is -2.08. The van der Waals surface area contributed by atoms with Gasteiger partial charge in [-0.05, 0) is 0 Å². The van der Waals surface area contributed by atoms with Gasteiger partial charge in [0.2, 0.25) is 0 Å². The maximum atomic E-state index is 9.37. The molecule has 0 aliphatic rings. The number of carbonyl (C=O) groups excluding carboxylic acids is 2. The lowest BCUT2D eigenvalue weighted by Gasteiger charge is -1.83. The molecule has 14 nitrogen and oxygen atoms in total. The minimum atomic E-state index is -4.67. The lowest BCUT2D eigenvalue weighted by atomic mass is 11.2. The van der Waals surface area contributed by atoms with E-state index < -0.39 is 22.6 Å². The first-order chi connectivity index (χ1) is 11.1. The molecule has 17 heteroatoms. The van der Waals surface area contributed by atoms with Crippen LogP contribution in [0.4, 0.5) is 9.59 Å². The second kappa shape index (κ2) is 24.3. The van der Waals surface area contributed by atoms with E-state index in [1.807, 2.05) is 0 Å². The summed E-state index contributed by atoms with van der Waals surface area (Å²) in [6.07, 6.45) is -1.49. The summed E-state index contributed by atoms with van der Waals surface area (Å²) in [4.78, 5) is 18.7. The van der Waals surface area contributed by atoms with Crippen molar-refractivity contribution in [3.8, 4) is 0 Å². The standard InChI is InChI=1S/2C2H6N2S.2C2H5NO2.H2O4S/c2*1-4-2(3)5;2*1-5-2(3)4;1-5(2,3)4/h2*1H3,(H3,3,4,5);2*1H3,(H2,3,4);(H2,1,2,3,4). The largest absolute Gasteiger partial charge is 0.453 e. The zero-order valence-corrected chi connectivity index (χ0v) is 16.4.